The summed E-state index contributed by atoms with van der Waals surface area (Å²) >= 11 is 0. The number of carbonyl (C=O) groups is 2. The molecule has 0 radical (unpaired) electrons. The number of carboxylic acids is 2. The van der Waals surface area contributed by atoms with Crippen LogP contribution in [0.1, 0.15) is 32.1 Å². The third kappa shape index (κ3) is 3.02. The Kier molecular flexibility index (Phi) is 4.75. The van der Waals surface area contributed by atoms with Crippen molar-refractivity contribution in [1.29, 1.82) is 0 Å². The highest BCUT2D eigenvalue weighted by Gasteiger charge is 2.23. The zero-order valence-corrected chi connectivity index (χ0v) is 9.97. The Hall–Kier alpha value is -1.99. The quantitative estimate of drug-likeness (QED) is 0.773. The molecule has 0 spiro atoms. The predicted molar refractivity (Wildman–Crippen MR) is 59.6 cm³/mol. The van der Waals surface area contributed by atoms with Crippen molar-refractivity contribution in [2.75, 3.05) is 14.2 Å². The Balaban J connectivity index is 3.44. The van der Waals surface area contributed by atoms with Crippen LogP contribution in [0, 0.1) is 0 Å². The molecule has 0 aromatic carbocycles. The average Bonchev–Trinajstić information content (AvgIpc) is 2.28. The van der Waals surface area contributed by atoms with Gasteiger partial charge in [0.05, 0.1) is 24.5 Å². The number of rotatable bonds is 6. The van der Waals surface area contributed by atoms with Crippen LogP contribution in [0.3, 0.4) is 0 Å². The topological polar surface area (TPSA) is 106 Å². The van der Waals surface area contributed by atoms with Crippen molar-refractivity contribution in [2.45, 2.75) is 13.2 Å². The molecule has 2 N–H and O–H groups in total. The van der Waals surface area contributed by atoms with Crippen LogP contribution in [0.5, 0.6) is 0 Å². The number of aromatic nitrogens is 1. The molecule has 1 aromatic heterocycles. The normalized spacial score (nSPS) is 10.3. The van der Waals surface area contributed by atoms with Crippen LogP contribution in [0.15, 0.2) is 6.07 Å². The summed E-state index contributed by atoms with van der Waals surface area (Å²) in [6, 6.07) is 1.46. The second kappa shape index (κ2) is 6.08. The van der Waals surface area contributed by atoms with Gasteiger partial charge in [-0.3, -0.25) is 0 Å². The first-order chi connectivity index (χ1) is 8.51. The van der Waals surface area contributed by atoms with E-state index in [0.29, 0.717) is 5.69 Å². The molecule has 0 amide bonds. The molecule has 7 nitrogen and oxygen atoms in total. The van der Waals surface area contributed by atoms with E-state index in [0.717, 1.165) is 0 Å². The van der Waals surface area contributed by atoms with E-state index in [1.54, 1.807) is 0 Å². The van der Waals surface area contributed by atoms with Gasteiger partial charge >= 0.3 is 11.9 Å². The molecule has 0 saturated heterocycles. The minimum Gasteiger partial charge on any atom is -0.478 e. The second-order valence-corrected chi connectivity index (χ2v) is 3.47. The van der Waals surface area contributed by atoms with E-state index in [1.165, 1.54) is 20.3 Å². The maximum atomic E-state index is 11.1. The molecule has 0 aliphatic heterocycles. The van der Waals surface area contributed by atoms with E-state index in [2.05, 4.69) is 4.98 Å². The highest BCUT2D eigenvalue weighted by molar-refractivity contribution is 6.01. The minimum absolute atomic E-state index is 0.0128. The summed E-state index contributed by atoms with van der Waals surface area (Å²) in [6.45, 7) is 0.0814. The van der Waals surface area contributed by atoms with Gasteiger partial charge in [-0.15, -0.1) is 0 Å². The molecule has 98 valence electrons. The lowest BCUT2D eigenvalue weighted by atomic mass is 10.1. The van der Waals surface area contributed by atoms with Crippen molar-refractivity contribution in [1.82, 2.24) is 4.98 Å². The van der Waals surface area contributed by atoms with Gasteiger partial charge in [0.2, 0.25) is 0 Å². The Morgan fingerprint density at radius 2 is 1.78 bits per heavy atom. The predicted octanol–water partition coefficient (Wildman–Crippen LogP) is 0.771. The van der Waals surface area contributed by atoms with Gasteiger partial charge < -0.3 is 19.7 Å². The molecule has 1 aromatic rings. The first-order valence-electron chi connectivity index (χ1n) is 4.98. The van der Waals surface area contributed by atoms with Crippen molar-refractivity contribution in [3.05, 3.63) is 28.6 Å². The van der Waals surface area contributed by atoms with Crippen molar-refractivity contribution >= 4 is 11.9 Å². The summed E-state index contributed by atoms with van der Waals surface area (Å²) in [4.78, 5) is 25.9. The van der Waals surface area contributed by atoms with Crippen LogP contribution in [-0.4, -0.2) is 41.4 Å². The highest BCUT2D eigenvalue weighted by Crippen LogP contribution is 2.17. The van der Waals surface area contributed by atoms with E-state index in [-0.39, 0.29) is 24.3 Å². The molecular formula is C11H13NO6. The molecule has 0 bridgehead atoms. The third-order valence-corrected chi connectivity index (χ3v) is 2.16. The van der Waals surface area contributed by atoms with Crippen molar-refractivity contribution in [3.63, 3.8) is 0 Å². The standard InChI is InChI=1S/C11H13NO6/c1-17-4-6-3-7(5-18-2)12-9(11(15)16)8(6)10(13)14/h3H,4-5H2,1-2H3,(H,13,14)(H,15,16). The van der Waals surface area contributed by atoms with Crippen molar-refractivity contribution in [2.24, 2.45) is 0 Å². The fourth-order valence-electron chi connectivity index (χ4n) is 1.54. The Morgan fingerprint density at radius 3 is 2.22 bits per heavy atom. The maximum Gasteiger partial charge on any atom is 0.355 e. The van der Waals surface area contributed by atoms with Gasteiger partial charge in [-0.05, 0) is 11.6 Å². The molecule has 0 aliphatic rings. The average molecular weight is 255 g/mol. The number of nitrogens with zero attached hydrogens (tertiary/aromatic N) is 1. The molecule has 0 fully saturated rings. The van der Waals surface area contributed by atoms with Gasteiger partial charge in [-0.25, -0.2) is 14.6 Å². The van der Waals surface area contributed by atoms with Crippen molar-refractivity contribution in [3.8, 4) is 0 Å². The Bertz CT molecular complexity index is 471. The molecule has 0 saturated carbocycles. The second-order valence-electron chi connectivity index (χ2n) is 3.47. The highest BCUT2D eigenvalue weighted by atomic mass is 16.5. The van der Waals surface area contributed by atoms with Crippen LogP contribution in [0.2, 0.25) is 0 Å². The lowest BCUT2D eigenvalue weighted by molar-refractivity contribution is 0.0641. The largest absolute Gasteiger partial charge is 0.478 e. The summed E-state index contributed by atoms with van der Waals surface area (Å²) in [6.07, 6.45) is 0. The van der Waals surface area contributed by atoms with E-state index >= 15 is 0 Å². The summed E-state index contributed by atoms with van der Waals surface area (Å²) in [5, 5.41) is 18.0. The van der Waals surface area contributed by atoms with Crippen LogP contribution >= 0.6 is 0 Å². The molecule has 7 heteroatoms. The number of hydrogen-bond donors (Lipinski definition) is 2. The Labute approximate surface area is 103 Å². The lowest BCUT2D eigenvalue weighted by Crippen LogP contribution is -2.16. The third-order valence-electron chi connectivity index (χ3n) is 2.16. The first-order valence-corrected chi connectivity index (χ1v) is 4.98. The van der Waals surface area contributed by atoms with Crippen LogP contribution in [0.25, 0.3) is 0 Å². The zero-order chi connectivity index (χ0) is 13.7. The molecular weight excluding hydrogens is 242 g/mol. The van der Waals surface area contributed by atoms with Gasteiger partial charge in [0.1, 0.15) is 0 Å². The van der Waals surface area contributed by atoms with E-state index in [4.69, 9.17) is 19.7 Å². The maximum absolute atomic E-state index is 11.1. The number of methoxy groups -OCH3 is 2. The smallest absolute Gasteiger partial charge is 0.355 e. The summed E-state index contributed by atoms with van der Waals surface area (Å²) in [7, 11) is 2.83. The van der Waals surface area contributed by atoms with E-state index < -0.39 is 17.6 Å². The minimum atomic E-state index is -1.40. The van der Waals surface area contributed by atoms with E-state index in [1.807, 2.05) is 0 Å². The molecule has 0 aliphatic carbocycles. The van der Waals surface area contributed by atoms with Gasteiger partial charge in [0.25, 0.3) is 0 Å². The molecule has 1 heterocycles. The fraction of sp³-hybridized carbons (Fsp3) is 0.364. The summed E-state index contributed by atoms with van der Waals surface area (Å²) in [5.41, 5.74) is -0.273. The summed E-state index contributed by atoms with van der Waals surface area (Å²) in [5.74, 6) is -2.75. The van der Waals surface area contributed by atoms with Gasteiger partial charge in [0, 0.05) is 14.2 Å². The monoisotopic (exact) mass is 255 g/mol. The fourth-order valence-corrected chi connectivity index (χ4v) is 1.54. The first kappa shape index (κ1) is 14.1. The van der Waals surface area contributed by atoms with Crippen molar-refractivity contribution < 1.29 is 29.3 Å². The van der Waals surface area contributed by atoms with Gasteiger partial charge in [-0.1, -0.05) is 0 Å². The number of pyridine rings is 1. The zero-order valence-electron chi connectivity index (χ0n) is 9.97. The van der Waals surface area contributed by atoms with Gasteiger partial charge in [0.15, 0.2) is 5.69 Å². The number of ether oxygens (including phenoxy) is 2. The van der Waals surface area contributed by atoms with Crippen LogP contribution in [-0.2, 0) is 22.7 Å². The molecule has 0 atom stereocenters. The lowest BCUT2D eigenvalue weighted by Gasteiger charge is -2.10. The van der Waals surface area contributed by atoms with Gasteiger partial charge in [-0.2, -0.15) is 0 Å². The van der Waals surface area contributed by atoms with E-state index in [9.17, 15) is 9.59 Å². The van der Waals surface area contributed by atoms with Crippen LogP contribution in [0.4, 0.5) is 0 Å². The molecule has 18 heavy (non-hydrogen) atoms. The SMILES string of the molecule is COCc1cc(COC)c(C(=O)O)c(C(=O)O)n1. The number of carboxylic acid groups (broad SMARTS) is 2. The number of hydrogen-bond acceptors (Lipinski definition) is 5. The molecule has 1 rings (SSSR count). The molecule has 0 unspecified atom stereocenters. The summed E-state index contributed by atoms with van der Waals surface area (Å²) < 4.78 is 9.71. The Morgan fingerprint density at radius 1 is 1.17 bits per heavy atom. The number of aromatic carboxylic acids is 2. The van der Waals surface area contributed by atoms with Crippen LogP contribution < -0.4 is 0 Å².